The average molecular weight is 288 g/mol. The third kappa shape index (κ3) is 3.26. The lowest BCUT2D eigenvalue weighted by molar-refractivity contribution is 0.376. The fourth-order valence-electron chi connectivity index (χ4n) is 3.78. The van der Waals surface area contributed by atoms with E-state index in [1.165, 1.54) is 29.7 Å². The molecule has 0 saturated heterocycles. The molecule has 1 aliphatic rings. The van der Waals surface area contributed by atoms with E-state index in [9.17, 15) is 0 Å². The summed E-state index contributed by atoms with van der Waals surface area (Å²) in [5.41, 5.74) is 6.15. The minimum Gasteiger partial charge on any atom is -0.366 e. The first-order valence-electron chi connectivity index (χ1n) is 8.52. The van der Waals surface area contributed by atoms with Crippen LogP contribution in [0, 0.1) is 6.92 Å². The molecule has 0 radical (unpaired) electrons. The van der Waals surface area contributed by atoms with Gasteiger partial charge >= 0.3 is 0 Å². The number of hydrogen-bond acceptors (Lipinski definition) is 2. The van der Waals surface area contributed by atoms with Gasteiger partial charge in [0.25, 0.3) is 0 Å². The van der Waals surface area contributed by atoms with E-state index in [1.54, 1.807) is 5.56 Å². The van der Waals surface area contributed by atoms with Crippen molar-refractivity contribution < 1.29 is 0 Å². The van der Waals surface area contributed by atoms with Crippen LogP contribution in [0.25, 0.3) is 0 Å². The Kier molecular flexibility index (Phi) is 4.98. The van der Waals surface area contributed by atoms with Crippen LogP contribution in [0.4, 0.5) is 5.69 Å². The van der Waals surface area contributed by atoms with Crippen molar-refractivity contribution >= 4 is 5.69 Å². The van der Waals surface area contributed by atoms with Gasteiger partial charge in [-0.1, -0.05) is 26.8 Å². The lowest BCUT2D eigenvalue weighted by atomic mass is 9.79. The second-order valence-corrected chi connectivity index (χ2v) is 7.19. The first-order chi connectivity index (χ1) is 9.90. The molecule has 0 spiro atoms. The smallest absolute Gasteiger partial charge is 0.0408 e. The molecule has 1 aromatic carbocycles. The minimum absolute atomic E-state index is 0.262. The van der Waals surface area contributed by atoms with Crippen molar-refractivity contribution in [2.24, 2.45) is 0 Å². The van der Waals surface area contributed by atoms with Crippen LogP contribution in [0.5, 0.6) is 0 Å². The Morgan fingerprint density at radius 3 is 2.62 bits per heavy atom. The third-order valence-corrected chi connectivity index (χ3v) is 4.86. The van der Waals surface area contributed by atoms with Crippen LogP contribution in [0.1, 0.15) is 70.1 Å². The predicted molar refractivity (Wildman–Crippen MR) is 93.3 cm³/mol. The molecule has 1 aromatic rings. The van der Waals surface area contributed by atoms with Gasteiger partial charge in [-0.2, -0.15) is 0 Å². The van der Waals surface area contributed by atoms with E-state index >= 15 is 0 Å². The SMILES string of the molecule is CCCN1c2cc(C)c(CNCC)cc2[C@@H](C)CC1(C)C. The summed E-state index contributed by atoms with van der Waals surface area (Å²) < 4.78 is 0. The zero-order chi connectivity index (χ0) is 15.6. The van der Waals surface area contributed by atoms with Gasteiger partial charge in [0, 0.05) is 24.3 Å². The van der Waals surface area contributed by atoms with Crippen LogP contribution < -0.4 is 10.2 Å². The Bertz CT molecular complexity index is 491. The van der Waals surface area contributed by atoms with E-state index in [0.29, 0.717) is 5.92 Å². The molecule has 1 heterocycles. The molecule has 1 aliphatic heterocycles. The molecule has 0 bridgehead atoms. The number of benzene rings is 1. The van der Waals surface area contributed by atoms with Gasteiger partial charge in [0.15, 0.2) is 0 Å². The van der Waals surface area contributed by atoms with E-state index in [-0.39, 0.29) is 5.54 Å². The van der Waals surface area contributed by atoms with Crippen LogP contribution in [-0.4, -0.2) is 18.6 Å². The normalized spacial score (nSPS) is 20.5. The van der Waals surface area contributed by atoms with Crippen LogP contribution in [0.15, 0.2) is 12.1 Å². The third-order valence-electron chi connectivity index (χ3n) is 4.86. The summed E-state index contributed by atoms with van der Waals surface area (Å²) in [6.45, 7) is 17.0. The number of hydrogen-bond donors (Lipinski definition) is 1. The van der Waals surface area contributed by atoms with Gasteiger partial charge in [0.05, 0.1) is 0 Å². The highest BCUT2D eigenvalue weighted by atomic mass is 15.2. The lowest BCUT2D eigenvalue weighted by Gasteiger charge is -2.48. The Morgan fingerprint density at radius 2 is 2.00 bits per heavy atom. The van der Waals surface area contributed by atoms with E-state index in [4.69, 9.17) is 0 Å². The van der Waals surface area contributed by atoms with Crippen molar-refractivity contribution in [3.05, 3.63) is 28.8 Å². The Labute approximate surface area is 130 Å². The second-order valence-electron chi connectivity index (χ2n) is 7.19. The molecule has 21 heavy (non-hydrogen) atoms. The van der Waals surface area contributed by atoms with Gasteiger partial charge in [-0.25, -0.2) is 0 Å². The van der Waals surface area contributed by atoms with Gasteiger partial charge in [-0.3, -0.25) is 0 Å². The molecular formula is C19H32N2. The maximum absolute atomic E-state index is 3.47. The highest BCUT2D eigenvalue weighted by Gasteiger charge is 2.36. The summed E-state index contributed by atoms with van der Waals surface area (Å²) in [7, 11) is 0. The van der Waals surface area contributed by atoms with Gasteiger partial charge < -0.3 is 10.2 Å². The van der Waals surface area contributed by atoms with Crippen LogP contribution in [0.2, 0.25) is 0 Å². The van der Waals surface area contributed by atoms with Gasteiger partial charge in [0.1, 0.15) is 0 Å². The highest BCUT2D eigenvalue weighted by Crippen LogP contribution is 2.44. The van der Waals surface area contributed by atoms with Gasteiger partial charge in [-0.05, 0) is 68.8 Å². The second kappa shape index (κ2) is 6.39. The van der Waals surface area contributed by atoms with E-state index < -0.39 is 0 Å². The highest BCUT2D eigenvalue weighted by molar-refractivity contribution is 5.62. The quantitative estimate of drug-likeness (QED) is 0.851. The average Bonchev–Trinajstić information content (AvgIpc) is 2.41. The Balaban J connectivity index is 2.45. The molecule has 0 amide bonds. The first-order valence-corrected chi connectivity index (χ1v) is 8.52. The van der Waals surface area contributed by atoms with Crippen LogP contribution in [0.3, 0.4) is 0 Å². The maximum atomic E-state index is 3.47. The molecular weight excluding hydrogens is 256 g/mol. The lowest BCUT2D eigenvalue weighted by Crippen LogP contribution is -2.48. The molecule has 118 valence electrons. The zero-order valence-electron chi connectivity index (χ0n) is 14.7. The van der Waals surface area contributed by atoms with Crippen molar-refractivity contribution in [3.63, 3.8) is 0 Å². The summed E-state index contributed by atoms with van der Waals surface area (Å²) in [6, 6.07) is 4.88. The monoisotopic (exact) mass is 288 g/mol. The van der Waals surface area contributed by atoms with Crippen molar-refractivity contribution in [1.29, 1.82) is 0 Å². The summed E-state index contributed by atoms with van der Waals surface area (Å²) >= 11 is 0. The van der Waals surface area contributed by atoms with E-state index in [0.717, 1.165) is 19.6 Å². The number of nitrogens with zero attached hydrogens (tertiary/aromatic N) is 1. The number of rotatable bonds is 5. The van der Waals surface area contributed by atoms with E-state index in [1.807, 2.05) is 0 Å². The molecule has 0 aromatic heterocycles. The van der Waals surface area contributed by atoms with Crippen molar-refractivity contribution in [2.75, 3.05) is 18.0 Å². The molecule has 2 heteroatoms. The molecule has 0 fully saturated rings. The summed E-state index contributed by atoms with van der Waals surface area (Å²) in [4.78, 5) is 2.63. The topological polar surface area (TPSA) is 15.3 Å². The molecule has 0 saturated carbocycles. The first kappa shape index (κ1) is 16.4. The van der Waals surface area contributed by atoms with Crippen LogP contribution in [-0.2, 0) is 6.54 Å². The van der Waals surface area contributed by atoms with Gasteiger partial charge in [-0.15, -0.1) is 0 Å². The summed E-state index contributed by atoms with van der Waals surface area (Å²) in [6.07, 6.45) is 2.44. The molecule has 1 atom stereocenters. The number of anilines is 1. The fraction of sp³-hybridized carbons (Fsp3) is 0.684. The maximum Gasteiger partial charge on any atom is 0.0408 e. The minimum atomic E-state index is 0.262. The molecule has 2 nitrogen and oxygen atoms in total. The zero-order valence-corrected chi connectivity index (χ0v) is 14.7. The predicted octanol–water partition coefficient (Wildman–Crippen LogP) is 4.61. The van der Waals surface area contributed by atoms with E-state index in [2.05, 4.69) is 63.9 Å². The van der Waals surface area contributed by atoms with Crippen LogP contribution >= 0.6 is 0 Å². The largest absolute Gasteiger partial charge is 0.366 e. The van der Waals surface area contributed by atoms with Crippen molar-refractivity contribution in [3.8, 4) is 0 Å². The number of fused-ring (bicyclic) bond motifs is 1. The van der Waals surface area contributed by atoms with Crippen molar-refractivity contribution in [1.82, 2.24) is 5.32 Å². The van der Waals surface area contributed by atoms with Gasteiger partial charge in [0.2, 0.25) is 0 Å². The number of aryl methyl sites for hydroxylation is 1. The summed E-state index contributed by atoms with van der Waals surface area (Å²) in [5, 5.41) is 3.47. The summed E-state index contributed by atoms with van der Waals surface area (Å²) in [5.74, 6) is 0.643. The molecule has 0 aliphatic carbocycles. The standard InChI is InChI=1S/C19H32N2/c1-7-9-21-18-10-14(3)16(13-20-8-2)11-17(18)15(4)12-19(21,5)6/h10-11,15,20H,7-9,12-13H2,1-6H3/t15-/m0/s1. The Morgan fingerprint density at radius 1 is 1.29 bits per heavy atom. The molecule has 2 rings (SSSR count). The molecule has 0 unspecified atom stereocenters. The number of nitrogens with one attached hydrogen (secondary N) is 1. The van der Waals surface area contributed by atoms with Crippen molar-refractivity contribution in [2.45, 2.75) is 72.4 Å². The molecule has 1 N–H and O–H groups in total. The Hall–Kier alpha value is -1.02. The fourth-order valence-corrected chi connectivity index (χ4v) is 3.78.